The maximum atomic E-state index is 6.06. The molecule has 0 fully saturated rings. The van der Waals surface area contributed by atoms with Gasteiger partial charge in [0.25, 0.3) is 0 Å². The summed E-state index contributed by atoms with van der Waals surface area (Å²) in [5.41, 5.74) is 2.40. The number of benzene rings is 1. The molecule has 0 aliphatic heterocycles. The normalized spacial score (nSPS) is 10.4. The first-order valence-corrected chi connectivity index (χ1v) is 6.38. The molecule has 6 heteroatoms. The Morgan fingerprint density at radius 3 is 2.42 bits per heavy atom. The summed E-state index contributed by atoms with van der Waals surface area (Å²) in [5, 5.41) is 3.93. The van der Waals surface area contributed by atoms with E-state index in [4.69, 9.17) is 27.9 Å². The first kappa shape index (κ1) is 13.9. The molecule has 0 unspecified atom stereocenters. The highest BCUT2D eigenvalue weighted by molar-refractivity contribution is 6.32. The number of methoxy groups -OCH3 is 1. The Kier molecular flexibility index (Phi) is 4.12. The van der Waals surface area contributed by atoms with Crippen LogP contribution < -0.4 is 10.1 Å². The Hall–Kier alpha value is -1.52. The van der Waals surface area contributed by atoms with Crippen LogP contribution in [0.25, 0.3) is 0 Å². The Balaban J connectivity index is 2.31. The third-order valence-electron chi connectivity index (χ3n) is 2.68. The van der Waals surface area contributed by atoms with Crippen LogP contribution in [-0.2, 0) is 0 Å². The van der Waals surface area contributed by atoms with E-state index in [1.165, 1.54) is 0 Å². The van der Waals surface area contributed by atoms with Gasteiger partial charge in [0.1, 0.15) is 5.75 Å². The number of hydrogen-bond donors (Lipinski definition) is 1. The predicted octanol–water partition coefficient (Wildman–Crippen LogP) is 4.15. The third kappa shape index (κ3) is 3.08. The Bertz CT molecular complexity index is 617. The van der Waals surface area contributed by atoms with Gasteiger partial charge in [0.15, 0.2) is 11.0 Å². The van der Waals surface area contributed by atoms with E-state index in [0.717, 1.165) is 17.1 Å². The van der Waals surface area contributed by atoms with Gasteiger partial charge in [0.05, 0.1) is 23.5 Å². The van der Waals surface area contributed by atoms with Crippen molar-refractivity contribution < 1.29 is 4.74 Å². The summed E-state index contributed by atoms with van der Waals surface area (Å²) in [6, 6.07) is 5.35. The van der Waals surface area contributed by atoms with Crippen LogP contribution in [0.1, 0.15) is 11.4 Å². The van der Waals surface area contributed by atoms with E-state index < -0.39 is 0 Å². The lowest BCUT2D eigenvalue weighted by atomic mass is 10.3. The minimum atomic E-state index is 0.329. The van der Waals surface area contributed by atoms with Crippen LogP contribution in [0, 0.1) is 13.8 Å². The van der Waals surface area contributed by atoms with Gasteiger partial charge < -0.3 is 10.1 Å². The zero-order chi connectivity index (χ0) is 14.0. The van der Waals surface area contributed by atoms with Gasteiger partial charge in [0.2, 0.25) is 0 Å². The smallest absolute Gasteiger partial charge is 0.172 e. The molecule has 1 aromatic carbocycles. The largest absolute Gasteiger partial charge is 0.495 e. The van der Waals surface area contributed by atoms with E-state index in [2.05, 4.69) is 15.3 Å². The average molecular weight is 298 g/mol. The van der Waals surface area contributed by atoms with E-state index in [0.29, 0.717) is 21.7 Å². The summed E-state index contributed by atoms with van der Waals surface area (Å²) in [5.74, 6) is 1.12. The summed E-state index contributed by atoms with van der Waals surface area (Å²) in [6.07, 6.45) is 0. The van der Waals surface area contributed by atoms with E-state index in [-0.39, 0.29) is 0 Å². The summed E-state index contributed by atoms with van der Waals surface area (Å²) < 4.78 is 5.09. The summed E-state index contributed by atoms with van der Waals surface area (Å²) >= 11 is 12.1. The van der Waals surface area contributed by atoms with Crippen molar-refractivity contribution in [1.82, 2.24) is 9.97 Å². The lowest BCUT2D eigenvalue weighted by Gasteiger charge is -2.10. The van der Waals surface area contributed by atoms with Gasteiger partial charge in [0, 0.05) is 5.69 Å². The summed E-state index contributed by atoms with van der Waals surface area (Å²) in [6.45, 7) is 3.74. The van der Waals surface area contributed by atoms with E-state index in [9.17, 15) is 0 Å². The molecule has 1 aromatic heterocycles. The van der Waals surface area contributed by atoms with Crippen molar-refractivity contribution in [2.75, 3.05) is 12.4 Å². The van der Waals surface area contributed by atoms with Crippen LogP contribution >= 0.6 is 23.2 Å². The van der Waals surface area contributed by atoms with Crippen LogP contribution in [0.4, 0.5) is 11.5 Å². The summed E-state index contributed by atoms with van der Waals surface area (Å²) in [7, 11) is 1.57. The van der Waals surface area contributed by atoms with Gasteiger partial charge in [-0.2, -0.15) is 0 Å². The molecule has 19 heavy (non-hydrogen) atoms. The highest BCUT2D eigenvalue weighted by Crippen LogP contribution is 2.30. The molecule has 1 N–H and O–H groups in total. The molecular formula is C13H13Cl2N3O. The lowest BCUT2D eigenvalue weighted by molar-refractivity contribution is 0.415. The Labute approximate surface area is 121 Å². The number of nitrogens with zero attached hydrogens (tertiary/aromatic N) is 2. The minimum Gasteiger partial charge on any atom is -0.495 e. The fourth-order valence-electron chi connectivity index (χ4n) is 1.54. The number of aryl methyl sites for hydroxylation is 2. The van der Waals surface area contributed by atoms with Crippen molar-refractivity contribution in [1.29, 1.82) is 0 Å². The molecular weight excluding hydrogens is 285 g/mol. The first-order chi connectivity index (χ1) is 9.01. The molecule has 0 amide bonds. The fraction of sp³-hybridized carbons (Fsp3) is 0.231. The molecule has 0 aliphatic rings. The van der Waals surface area contributed by atoms with Crippen LogP contribution in [-0.4, -0.2) is 17.1 Å². The van der Waals surface area contributed by atoms with Gasteiger partial charge in [-0.25, -0.2) is 9.97 Å². The molecule has 0 aliphatic carbocycles. The van der Waals surface area contributed by atoms with Gasteiger partial charge in [-0.15, -0.1) is 0 Å². The number of rotatable bonds is 3. The average Bonchev–Trinajstić information content (AvgIpc) is 2.36. The number of ether oxygens (including phenoxy) is 1. The van der Waals surface area contributed by atoms with E-state index in [1.54, 1.807) is 19.2 Å². The van der Waals surface area contributed by atoms with Gasteiger partial charge in [-0.1, -0.05) is 23.2 Å². The monoisotopic (exact) mass is 297 g/mol. The van der Waals surface area contributed by atoms with Crippen molar-refractivity contribution in [3.8, 4) is 5.75 Å². The van der Waals surface area contributed by atoms with Crippen LogP contribution in [0.3, 0.4) is 0 Å². The fourth-order valence-corrected chi connectivity index (χ4v) is 2.01. The Morgan fingerprint density at radius 1 is 1.11 bits per heavy atom. The number of anilines is 2. The second kappa shape index (κ2) is 5.63. The SMILES string of the molecule is COc1ccc(Nc2nc(C)c(C)nc2Cl)cc1Cl. The molecule has 0 spiro atoms. The highest BCUT2D eigenvalue weighted by Gasteiger charge is 2.08. The molecule has 4 nitrogen and oxygen atoms in total. The molecule has 0 radical (unpaired) electrons. The second-order valence-electron chi connectivity index (χ2n) is 4.01. The molecule has 0 saturated heterocycles. The molecule has 2 rings (SSSR count). The van der Waals surface area contributed by atoms with Gasteiger partial charge >= 0.3 is 0 Å². The highest BCUT2D eigenvalue weighted by atomic mass is 35.5. The van der Waals surface area contributed by atoms with Crippen molar-refractivity contribution in [2.45, 2.75) is 13.8 Å². The predicted molar refractivity (Wildman–Crippen MR) is 77.8 cm³/mol. The van der Waals surface area contributed by atoms with Crippen molar-refractivity contribution in [2.24, 2.45) is 0 Å². The van der Waals surface area contributed by atoms with Crippen LogP contribution in [0.5, 0.6) is 5.75 Å². The van der Waals surface area contributed by atoms with E-state index in [1.807, 2.05) is 19.9 Å². The first-order valence-electron chi connectivity index (χ1n) is 5.62. The Morgan fingerprint density at radius 2 is 1.79 bits per heavy atom. The van der Waals surface area contributed by atoms with Crippen LogP contribution in [0.2, 0.25) is 10.2 Å². The minimum absolute atomic E-state index is 0.329. The topological polar surface area (TPSA) is 47.0 Å². The quantitative estimate of drug-likeness (QED) is 0.924. The van der Waals surface area contributed by atoms with E-state index >= 15 is 0 Å². The standard InChI is InChI=1S/C13H13Cl2N3O/c1-7-8(2)17-13(12(15)16-7)18-9-4-5-11(19-3)10(14)6-9/h4-6H,1-3H3,(H,17,18). The number of aromatic nitrogens is 2. The maximum Gasteiger partial charge on any atom is 0.172 e. The zero-order valence-corrected chi connectivity index (χ0v) is 12.3. The molecule has 0 atom stereocenters. The molecule has 2 aromatic rings. The van der Waals surface area contributed by atoms with Crippen molar-refractivity contribution in [3.05, 3.63) is 39.8 Å². The molecule has 0 saturated carbocycles. The van der Waals surface area contributed by atoms with Crippen molar-refractivity contribution >= 4 is 34.7 Å². The summed E-state index contributed by atoms with van der Waals surface area (Å²) in [4.78, 5) is 8.57. The number of hydrogen-bond acceptors (Lipinski definition) is 4. The van der Waals surface area contributed by atoms with Crippen molar-refractivity contribution in [3.63, 3.8) is 0 Å². The second-order valence-corrected chi connectivity index (χ2v) is 4.77. The third-order valence-corrected chi connectivity index (χ3v) is 3.24. The maximum absolute atomic E-state index is 6.06. The van der Waals surface area contributed by atoms with Crippen LogP contribution in [0.15, 0.2) is 18.2 Å². The lowest BCUT2D eigenvalue weighted by Crippen LogP contribution is -2.00. The number of halogens is 2. The molecule has 100 valence electrons. The van der Waals surface area contributed by atoms with Gasteiger partial charge in [-0.3, -0.25) is 0 Å². The van der Waals surface area contributed by atoms with Gasteiger partial charge in [-0.05, 0) is 32.0 Å². The zero-order valence-electron chi connectivity index (χ0n) is 10.8. The molecule has 0 bridgehead atoms. The molecule has 1 heterocycles. The number of nitrogens with one attached hydrogen (secondary N) is 1.